The third kappa shape index (κ3) is 5.72. The summed E-state index contributed by atoms with van der Waals surface area (Å²) < 4.78 is 15.8. The highest BCUT2D eigenvalue weighted by Gasteiger charge is 2.26. The maximum absolute atomic E-state index is 11.8. The number of imide groups is 1. The molecule has 1 aliphatic heterocycles. The van der Waals surface area contributed by atoms with Crippen LogP contribution in [0.3, 0.4) is 0 Å². The maximum atomic E-state index is 11.8. The van der Waals surface area contributed by atoms with Crippen LogP contribution in [0.2, 0.25) is 5.02 Å². The monoisotopic (exact) mass is 395 g/mol. The van der Waals surface area contributed by atoms with Crippen LogP contribution in [0, 0.1) is 0 Å². The summed E-state index contributed by atoms with van der Waals surface area (Å²) in [4.78, 5) is 36.2. The molecule has 1 heterocycles. The van der Waals surface area contributed by atoms with Crippen molar-refractivity contribution in [2.24, 2.45) is 0 Å². The summed E-state index contributed by atoms with van der Waals surface area (Å²) in [6.45, 7) is 3.64. The Morgan fingerprint density at radius 1 is 1.33 bits per heavy atom. The molecule has 27 heavy (non-hydrogen) atoms. The van der Waals surface area contributed by atoms with Crippen molar-refractivity contribution in [3.63, 3.8) is 0 Å². The molecule has 1 aromatic rings. The van der Waals surface area contributed by atoms with E-state index in [4.69, 9.17) is 25.8 Å². The molecular weight excluding hydrogens is 374 g/mol. The van der Waals surface area contributed by atoms with Crippen molar-refractivity contribution >= 4 is 35.5 Å². The van der Waals surface area contributed by atoms with Gasteiger partial charge in [-0.3, -0.25) is 14.5 Å². The highest BCUT2D eigenvalue weighted by Crippen LogP contribution is 2.37. The molecule has 0 spiro atoms. The van der Waals surface area contributed by atoms with Gasteiger partial charge in [-0.1, -0.05) is 11.6 Å². The minimum atomic E-state index is -0.701. The standard InChI is InChI=1S/C19H22ClNO6/c1-12(2)27-19-14(20)9-13(10-15(19)25-3)6-7-18(24)26-11-17(23)21-8-4-5-16(21)22/h6-7,9-10,12H,4-5,8,11H2,1-3H3/b7-6+. The summed E-state index contributed by atoms with van der Waals surface area (Å²) >= 11 is 6.22. The van der Waals surface area contributed by atoms with E-state index in [-0.39, 0.29) is 12.0 Å². The summed E-state index contributed by atoms with van der Waals surface area (Å²) in [6, 6.07) is 3.29. The third-order valence-electron chi connectivity index (χ3n) is 3.73. The molecule has 0 aromatic heterocycles. The van der Waals surface area contributed by atoms with Crippen LogP contribution in [0.25, 0.3) is 6.08 Å². The first-order valence-electron chi connectivity index (χ1n) is 8.54. The molecule has 146 valence electrons. The normalized spacial score (nSPS) is 14.1. The lowest BCUT2D eigenvalue weighted by Crippen LogP contribution is -2.35. The lowest BCUT2D eigenvalue weighted by molar-refractivity contribution is -0.151. The lowest BCUT2D eigenvalue weighted by atomic mass is 10.2. The molecule has 1 fully saturated rings. The number of hydrogen-bond donors (Lipinski definition) is 0. The van der Waals surface area contributed by atoms with Crippen molar-refractivity contribution in [1.82, 2.24) is 4.90 Å². The lowest BCUT2D eigenvalue weighted by Gasteiger charge is -2.15. The molecule has 0 atom stereocenters. The van der Waals surface area contributed by atoms with Gasteiger partial charge in [0.25, 0.3) is 5.91 Å². The van der Waals surface area contributed by atoms with Gasteiger partial charge in [-0.15, -0.1) is 0 Å². The second-order valence-electron chi connectivity index (χ2n) is 6.18. The van der Waals surface area contributed by atoms with E-state index in [1.54, 1.807) is 12.1 Å². The van der Waals surface area contributed by atoms with Gasteiger partial charge in [0.15, 0.2) is 18.1 Å². The van der Waals surface area contributed by atoms with Crippen LogP contribution < -0.4 is 9.47 Å². The first kappa shape index (κ1) is 20.8. The number of rotatable bonds is 7. The zero-order valence-corrected chi connectivity index (χ0v) is 16.2. The van der Waals surface area contributed by atoms with E-state index < -0.39 is 18.5 Å². The summed E-state index contributed by atoms with van der Waals surface area (Å²) in [5.41, 5.74) is 0.603. The number of carbonyl (C=O) groups excluding carboxylic acids is 3. The number of halogens is 1. The van der Waals surface area contributed by atoms with Crippen molar-refractivity contribution in [2.45, 2.75) is 32.8 Å². The number of likely N-dealkylation sites (tertiary alicyclic amines) is 1. The maximum Gasteiger partial charge on any atom is 0.331 e. The fourth-order valence-corrected chi connectivity index (χ4v) is 2.78. The first-order valence-corrected chi connectivity index (χ1v) is 8.91. The number of esters is 1. The molecule has 0 N–H and O–H groups in total. The molecule has 2 amide bonds. The molecule has 0 aliphatic carbocycles. The van der Waals surface area contributed by atoms with Crippen LogP contribution in [-0.4, -0.2) is 49.0 Å². The van der Waals surface area contributed by atoms with E-state index in [2.05, 4.69) is 0 Å². The predicted octanol–water partition coefficient (Wildman–Crippen LogP) is 2.84. The van der Waals surface area contributed by atoms with Crippen LogP contribution in [0.1, 0.15) is 32.3 Å². The number of hydrogen-bond acceptors (Lipinski definition) is 6. The van der Waals surface area contributed by atoms with Gasteiger partial charge in [0.1, 0.15) is 0 Å². The van der Waals surface area contributed by atoms with Gasteiger partial charge in [-0.05, 0) is 44.0 Å². The van der Waals surface area contributed by atoms with Gasteiger partial charge in [0.2, 0.25) is 5.91 Å². The fourth-order valence-electron chi connectivity index (χ4n) is 2.52. The molecular formula is C19H22ClNO6. The quantitative estimate of drug-likeness (QED) is 0.521. The van der Waals surface area contributed by atoms with Gasteiger partial charge in [0, 0.05) is 19.0 Å². The summed E-state index contributed by atoms with van der Waals surface area (Å²) in [6.07, 6.45) is 3.57. The van der Waals surface area contributed by atoms with E-state index in [1.807, 2.05) is 13.8 Å². The van der Waals surface area contributed by atoms with Gasteiger partial charge in [-0.25, -0.2) is 4.79 Å². The Balaban J connectivity index is 1.98. The number of amides is 2. The number of methoxy groups -OCH3 is 1. The van der Waals surface area contributed by atoms with E-state index in [1.165, 1.54) is 19.3 Å². The second-order valence-corrected chi connectivity index (χ2v) is 6.59. The molecule has 8 heteroatoms. The molecule has 0 unspecified atom stereocenters. The van der Waals surface area contributed by atoms with Crippen LogP contribution in [0.5, 0.6) is 11.5 Å². The average Bonchev–Trinajstić information content (AvgIpc) is 3.05. The van der Waals surface area contributed by atoms with Crippen LogP contribution >= 0.6 is 11.6 Å². The third-order valence-corrected chi connectivity index (χ3v) is 4.01. The summed E-state index contributed by atoms with van der Waals surface area (Å²) in [5.74, 6) is -0.592. The largest absolute Gasteiger partial charge is 0.493 e. The van der Waals surface area contributed by atoms with Crippen LogP contribution in [0.4, 0.5) is 0 Å². The molecule has 2 rings (SSSR count). The van der Waals surface area contributed by atoms with Crippen molar-refractivity contribution in [3.8, 4) is 11.5 Å². The van der Waals surface area contributed by atoms with Crippen molar-refractivity contribution in [1.29, 1.82) is 0 Å². The average molecular weight is 396 g/mol. The van der Waals surface area contributed by atoms with Crippen LogP contribution in [-0.2, 0) is 19.1 Å². The van der Waals surface area contributed by atoms with Gasteiger partial charge in [0.05, 0.1) is 18.2 Å². The Kier molecular flexibility index (Phi) is 7.24. The molecule has 1 aliphatic rings. The minimum Gasteiger partial charge on any atom is -0.493 e. The molecule has 1 aromatic carbocycles. The van der Waals surface area contributed by atoms with Crippen molar-refractivity contribution in [2.75, 3.05) is 20.3 Å². The molecule has 0 bridgehead atoms. The van der Waals surface area contributed by atoms with E-state index in [9.17, 15) is 14.4 Å². The van der Waals surface area contributed by atoms with E-state index >= 15 is 0 Å². The number of nitrogens with zero attached hydrogens (tertiary/aromatic N) is 1. The predicted molar refractivity (Wildman–Crippen MR) is 99.7 cm³/mol. The highest BCUT2D eigenvalue weighted by molar-refractivity contribution is 6.32. The molecule has 0 saturated carbocycles. The Labute approximate surface area is 162 Å². The fraction of sp³-hybridized carbons (Fsp3) is 0.421. The Morgan fingerprint density at radius 3 is 2.67 bits per heavy atom. The smallest absolute Gasteiger partial charge is 0.331 e. The Hall–Kier alpha value is -2.54. The van der Waals surface area contributed by atoms with Gasteiger partial charge in [-0.2, -0.15) is 0 Å². The van der Waals surface area contributed by atoms with E-state index in [0.29, 0.717) is 41.5 Å². The van der Waals surface area contributed by atoms with Gasteiger partial charge >= 0.3 is 5.97 Å². The zero-order chi connectivity index (χ0) is 20.0. The number of ether oxygens (including phenoxy) is 3. The number of benzene rings is 1. The molecule has 7 nitrogen and oxygen atoms in total. The van der Waals surface area contributed by atoms with Crippen LogP contribution in [0.15, 0.2) is 18.2 Å². The topological polar surface area (TPSA) is 82.1 Å². The Bertz CT molecular complexity index is 759. The van der Waals surface area contributed by atoms with Crippen molar-refractivity contribution < 1.29 is 28.6 Å². The SMILES string of the molecule is COc1cc(/C=C/C(=O)OCC(=O)N2CCCC2=O)cc(Cl)c1OC(C)C. The Morgan fingerprint density at radius 2 is 2.07 bits per heavy atom. The zero-order valence-electron chi connectivity index (χ0n) is 15.5. The van der Waals surface area contributed by atoms with Gasteiger partial charge < -0.3 is 14.2 Å². The van der Waals surface area contributed by atoms with Crippen molar-refractivity contribution in [3.05, 3.63) is 28.8 Å². The molecule has 0 radical (unpaired) electrons. The number of carbonyl (C=O) groups is 3. The summed E-state index contributed by atoms with van der Waals surface area (Å²) in [7, 11) is 1.49. The molecule has 1 saturated heterocycles. The van der Waals surface area contributed by atoms with E-state index in [0.717, 1.165) is 4.90 Å². The second kappa shape index (κ2) is 9.41. The summed E-state index contributed by atoms with van der Waals surface area (Å²) in [5, 5.41) is 0.346. The minimum absolute atomic E-state index is 0.0761. The first-order chi connectivity index (χ1) is 12.8. The highest BCUT2D eigenvalue weighted by atomic mass is 35.5.